The fraction of sp³-hybridized carbons (Fsp3) is 0.294. The van der Waals surface area contributed by atoms with Gasteiger partial charge in [-0.3, -0.25) is 0 Å². The van der Waals surface area contributed by atoms with Crippen LogP contribution < -0.4 is 4.90 Å². The molecule has 4 nitrogen and oxygen atoms in total. The van der Waals surface area contributed by atoms with E-state index in [2.05, 4.69) is 10.1 Å². The Hall–Kier alpha value is -2.71. The first kappa shape index (κ1) is 16.7. The van der Waals surface area contributed by atoms with Gasteiger partial charge in [0.1, 0.15) is 11.5 Å². The standard InChI is InChI=1S/C17H12F5N3O/c18-9-1-2-10-11(7-9)26-24-14(10)8-3-5-25(6-4-8)15-12(19)16(21)23-17(22)13(15)20/h1-2,7-8H,3-6H2. The summed E-state index contributed by atoms with van der Waals surface area (Å²) in [6.07, 6.45) is 0.868. The third-order valence-electron chi connectivity index (χ3n) is 4.63. The molecule has 0 N–H and O–H groups in total. The Morgan fingerprint density at radius 3 is 2.27 bits per heavy atom. The van der Waals surface area contributed by atoms with Crippen LogP contribution in [0.25, 0.3) is 11.0 Å². The molecule has 0 radical (unpaired) electrons. The van der Waals surface area contributed by atoms with E-state index in [0.717, 1.165) is 0 Å². The van der Waals surface area contributed by atoms with Crippen molar-refractivity contribution in [2.75, 3.05) is 18.0 Å². The highest BCUT2D eigenvalue weighted by atomic mass is 19.2. The van der Waals surface area contributed by atoms with Crippen LogP contribution in [-0.4, -0.2) is 23.2 Å². The van der Waals surface area contributed by atoms with Crippen molar-refractivity contribution in [2.24, 2.45) is 0 Å². The fourth-order valence-electron chi connectivity index (χ4n) is 3.36. The van der Waals surface area contributed by atoms with E-state index >= 15 is 0 Å². The topological polar surface area (TPSA) is 42.2 Å². The highest BCUT2D eigenvalue weighted by Crippen LogP contribution is 2.36. The van der Waals surface area contributed by atoms with Gasteiger partial charge in [0.15, 0.2) is 5.58 Å². The van der Waals surface area contributed by atoms with Gasteiger partial charge in [0.25, 0.3) is 11.9 Å². The van der Waals surface area contributed by atoms with Gasteiger partial charge in [-0.15, -0.1) is 0 Å². The van der Waals surface area contributed by atoms with E-state index in [-0.39, 0.29) is 19.0 Å². The van der Waals surface area contributed by atoms with Crippen molar-refractivity contribution < 1.29 is 26.5 Å². The number of benzene rings is 1. The molecule has 3 aromatic rings. The van der Waals surface area contributed by atoms with E-state index in [4.69, 9.17) is 4.52 Å². The number of hydrogen-bond donors (Lipinski definition) is 0. The number of hydrogen-bond acceptors (Lipinski definition) is 4. The number of nitrogens with zero attached hydrogens (tertiary/aromatic N) is 3. The summed E-state index contributed by atoms with van der Waals surface area (Å²) < 4.78 is 72.8. The lowest BCUT2D eigenvalue weighted by atomic mass is 9.91. The number of rotatable bonds is 2. The first-order chi connectivity index (χ1) is 12.5. The second-order valence-corrected chi connectivity index (χ2v) is 6.14. The Morgan fingerprint density at radius 2 is 1.62 bits per heavy atom. The normalized spacial score (nSPS) is 15.8. The first-order valence-corrected chi connectivity index (χ1v) is 7.95. The SMILES string of the molecule is Fc1ccc2c(C3CCN(c4c(F)c(F)nc(F)c4F)CC3)noc2c1. The molecule has 1 aliphatic heterocycles. The summed E-state index contributed by atoms with van der Waals surface area (Å²) in [5.41, 5.74) is 0.200. The van der Waals surface area contributed by atoms with Gasteiger partial charge in [-0.1, -0.05) is 5.16 Å². The number of pyridine rings is 1. The molecule has 0 spiro atoms. The summed E-state index contributed by atoms with van der Waals surface area (Å²) in [5, 5.41) is 4.65. The van der Waals surface area contributed by atoms with Crippen LogP contribution in [-0.2, 0) is 0 Å². The average Bonchev–Trinajstić information content (AvgIpc) is 3.04. The van der Waals surface area contributed by atoms with Crippen LogP contribution in [0.5, 0.6) is 0 Å². The van der Waals surface area contributed by atoms with Gasteiger partial charge < -0.3 is 9.42 Å². The Labute approximate surface area is 144 Å². The largest absolute Gasteiger partial charge is 0.366 e. The maximum Gasteiger partial charge on any atom is 0.253 e. The van der Waals surface area contributed by atoms with E-state index in [9.17, 15) is 22.0 Å². The predicted octanol–water partition coefficient (Wildman–Crippen LogP) is 4.30. The fourth-order valence-corrected chi connectivity index (χ4v) is 3.36. The van der Waals surface area contributed by atoms with E-state index in [1.807, 2.05) is 0 Å². The number of fused-ring (bicyclic) bond motifs is 1. The Balaban J connectivity index is 1.58. The van der Waals surface area contributed by atoms with Crippen molar-refractivity contribution in [3.8, 4) is 0 Å². The van der Waals surface area contributed by atoms with Crippen LogP contribution in [0.2, 0.25) is 0 Å². The molecule has 0 unspecified atom stereocenters. The van der Waals surface area contributed by atoms with E-state index in [1.54, 1.807) is 6.07 Å². The molecule has 3 heterocycles. The van der Waals surface area contributed by atoms with Gasteiger partial charge in [-0.25, -0.2) is 4.39 Å². The monoisotopic (exact) mass is 369 g/mol. The molecule has 136 valence electrons. The first-order valence-electron chi connectivity index (χ1n) is 7.95. The molecule has 1 saturated heterocycles. The third kappa shape index (κ3) is 2.67. The molecule has 2 aromatic heterocycles. The molecule has 0 aliphatic carbocycles. The lowest BCUT2D eigenvalue weighted by Gasteiger charge is -2.33. The minimum Gasteiger partial charge on any atom is -0.366 e. The molecular weight excluding hydrogens is 357 g/mol. The molecule has 4 rings (SSSR count). The van der Waals surface area contributed by atoms with Crippen LogP contribution in [0.3, 0.4) is 0 Å². The van der Waals surface area contributed by atoms with Crippen molar-refractivity contribution in [3.63, 3.8) is 0 Å². The van der Waals surface area contributed by atoms with Gasteiger partial charge >= 0.3 is 0 Å². The summed E-state index contributed by atoms with van der Waals surface area (Å²) in [5.74, 6) is -6.89. The number of aromatic nitrogens is 2. The van der Waals surface area contributed by atoms with Gasteiger partial charge in [0, 0.05) is 30.5 Å². The zero-order valence-electron chi connectivity index (χ0n) is 13.3. The minimum absolute atomic E-state index is 0.0828. The molecule has 0 bridgehead atoms. The smallest absolute Gasteiger partial charge is 0.253 e. The molecule has 1 aliphatic rings. The van der Waals surface area contributed by atoms with Crippen molar-refractivity contribution in [1.82, 2.24) is 10.1 Å². The Kier molecular flexibility index (Phi) is 4.01. The van der Waals surface area contributed by atoms with E-state index in [1.165, 1.54) is 17.0 Å². The third-order valence-corrected chi connectivity index (χ3v) is 4.63. The summed E-state index contributed by atoms with van der Waals surface area (Å²) in [6, 6.07) is 4.09. The lowest BCUT2D eigenvalue weighted by molar-refractivity contribution is 0.393. The Morgan fingerprint density at radius 1 is 0.962 bits per heavy atom. The minimum atomic E-state index is -1.68. The van der Waals surface area contributed by atoms with Crippen LogP contribution in [0, 0.1) is 29.3 Å². The molecule has 0 atom stereocenters. The van der Waals surface area contributed by atoms with Gasteiger partial charge in [-0.2, -0.15) is 22.5 Å². The van der Waals surface area contributed by atoms with E-state index < -0.39 is 35.0 Å². The van der Waals surface area contributed by atoms with Crippen molar-refractivity contribution in [1.29, 1.82) is 0 Å². The Bertz CT molecular complexity index is 956. The number of anilines is 1. The van der Waals surface area contributed by atoms with Crippen molar-refractivity contribution >= 4 is 16.7 Å². The summed E-state index contributed by atoms with van der Waals surface area (Å²) >= 11 is 0. The molecule has 1 aromatic carbocycles. The van der Waals surface area contributed by atoms with Crippen molar-refractivity contribution in [3.05, 3.63) is 53.2 Å². The predicted molar refractivity (Wildman–Crippen MR) is 82.2 cm³/mol. The molecule has 26 heavy (non-hydrogen) atoms. The lowest BCUT2D eigenvalue weighted by Crippen LogP contribution is -2.35. The highest BCUT2D eigenvalue weighted by Gasteiger charge is 2.30. The summed E-state index contributed by atoms with van der Waals surface area (Å²) in [6.45, 7) is 0.327. The van der Waals surface area contributed by atoms with Crippen LogP contribution in [0.15, 0.2) is 22.7 Å². The maximum atomic E-state index is 13.9. The summed E-state index contributed by atoms with van der Waals surface area (Å²) in [4.78, 5) is 3.81. The van der Waals surface area contributed by atoms with Crippen molar-refractivity contribution in [2.45, 2.75) is 18.8 Å². The van der Waals surface area contributed by atoms with Gasteiger partial charge in [0.2, 0.25) is 11.6 Å². The second kappa shape index (κ2) is 6.22. The second-order valence-electron chi connectivity index (χ2n) is 6.14. The van der Waals surface area contributed by atoms with Gasteiger partial charge in [-0.05, 0) is 25.0 Å². The number of halogens is 5. The number of piperidine rings is 1. The van der Waals surface area contributed by atoms with E-state index in [0.29, 0.717) is 29.5 Å². The van der Waals surface area contributed by atoms with Crippen LogP contribution >= 0.6 is 0 Å². The molecular formula is C17H12F5N3O. The molecule has 9 heteroatoms. The van der Waals surface area contributed by atoms with Crippen LogP contribution in [0.4, 0.5) is 27.6 Å². The zero-order chi connectivity index (χ0) is 18.4. The van der Waals surface area contributed by atoms with Gasteiger partial charge in [0.05, 0.1) is 5.69 Å². The highest BCUT2D eigenvalue weighted by molar-refractivity contribution is 5.80. The quantitative estimate of drug-likeness (QED) is 0.499. The maximum absolute atomic E-state index is 13.9. The molecule has 0 saturated carbocycles. The molecule has 1 fully saturated rings. The summed E-state index contributed by atoms with van der Waals surface area (Å²) in [7, 11) is 0. The van der Waals surface area contributed by atoms with Crippen LogP contribution in [0.1, 0.15) is 24.5 Å². The molecule has 0 amide bonds. The average molecular weight is 369 g/mol. The zero-order valence-corrected chi connectivity index (χ0v) is 13.3.